The standard InChI is InChI=1S/C27H28ClFN2O2/c1-2-30-27(33)25(18-20-10-4-3-5-11-20)31(19-22-13-7-9-15-24(22)29)26(32)17-16-21-12-6-8-14-23(21)28/h3-15,25H,2,16-19H2,1H3,(H,30,33)/t25-/m0/s1. The fourth-order valence-electron chi connectivity index (χ4n) is 3.74. The van der Waals surface area contributed by atoms with Gasteiger partial charge in [-0.05, 0) is 36.6 Å². The second-order valence-electron chi connectivity index (χ2n) is 7.80. The summed E-state index contributed by atoms with van der Waals surface area (Å²) in [6, 6.07) is 22.4. The van der Waals surface area contributed by atoms with Crippen LogP contribution in [0.25, 0.3) is 0 Å². The van der Waals surface area contributed by atoms with Gasteiger partial charge >= 0.3 is 0 Å². The molecule has 0 radical (unpaired) electrons. The number of hydrogen-bond acceptors (Lipinski definition) is 2. The van der Waals surface area contributed by atoms with Crippen LogP contribution in [0.1, 0.15) is 30.0 Å². The van der Waals surface area contributed by atoms with E-state index in [1.54, 1.807) is 24.3 Å². The number of rotatable bonds is 10. The highest BCUT2D eigenvalue weighted by Gasteiger charge is 2.30. The van der Waals surface area contributed by atoms with Crippen LogP contribution in [-0.2, 0) is 29.0 Å². The Balaban J connectivity index is 1.91. The van der Waals surface area contributed by atoms with Crippen molar-refractivity contribution in [1.29, 1.82) is 0 Å². The first kappa shape index (κ1) is 24.5. The van der Waals surface area contributed by atoms with Crippen molar-refractivity contribution in [2.75, 3.05) is 6.54 Å². The molecule has 1 atom stereocenters. The number of likely N-dealkylation sites (N-methyl/N-ethyl adjacent to an activating group) is 1. The third-order valence-electron chi connectivity index (χ3n) is 5.49. The number of carbonyl (C=O) groups excluding carboxylic acids is 2. The summed E-state index contributed by atoms with van der Waals surface area (Å²) in [6.45, 7) is 2.27. The summed E-state index contributed by atoms with van der Waals surface area (Å²) in [5, 5.41) is 3.43. The van der Waals surface area contributed by atoms with Crippen molar-refractivity contribution in [2.45, 2.75) is 38.8 Å². The SMILES string of the molecule is CCNC(=O)[C@H](Cc1ccccc1)N(Cc1ccccc1F)C(=O)CCc1ccccc1Cl. The maximum atomic E-state index is 14.5. The molecule has 0 aliphatic heterocycles. The molecule has 2 amide bonds. The molecular formula is C27H28ClFN2O2. The molecule has 0 aliphatic carbocycles. The molecule has 33 heavy (non-hydrogen) atoms. The van der Waals surface area contributed by atoms with Gasteiger partial charge in [-0.2, -0.15) is 0 Å². The van der Waals surface area contributed by atoms with Gasteiger partial charge in [-0.1, -0.05) is 78.3 Å². The van der Waals surface area contributed by atoms with Crippen molar-refractivity contribution in [3.8, 4) is 0 Å². The molecule has 3 aromatic rings. The number of benzene rings is 3. The van der Waals surface area contributed by atoms with E-state index >= 15 is 0 Å². The maximum absolute atomic E-state index is 14.5. The molecule has 172 valence electrons. The first-order valence-electron chi connectivity index (χ1n) is 11.1. The summed E-state index contributed by atoms with van der Waals surface area (Å²) in [5.74, 6) is -0.898. The fourth-order valence-corrected chi connectivity index (χ4v) is 3.97. The van der Waals surface area contributed by atoms with E-state index in [9.17, 15) is 14.0 Å². The third kappa shape index (κ3) is 6.90. The molecule has 0 spiro atoms. The summed E-state index contributed by atoms with van der Waals surface area (Å²) in [4.78, 5) is 28.0. The van der Waals surface area contributed by atoms with Crippen LogP contribution < -0.4 is 5.32 Å². The maximum Gasteiger partial charge on any atom is 0.243 e. The van der Waals surface area contributed by atoms with Crippen molar-refractivity contribution in [1.82, 2.24) is 10.2 Å². The van der Waals surface area contributed by atoms with Gasteiger partial charge < -0.3 is 10.2 Å². The quantitative estimate of drug-likeness (QED) is 0.447. The number of aryl methyl sites for hydroxylation is 1. The van der Waals surface area contributed by atoms with Gasteiger partial charge in [0.1, 0.15) is 11.9 Å². The summed E-state index contributed by atoms with van der Waals surface area (Å²) >= 11 is 6.26. The minimum Gasteiger partial charge on any atom is -0.355 e. The molecule has 0 saturated carbocycles. The van der Waals surface area contributed by atoms with Crippen LogP contribution in [0.2, 0.25) is 5.02 Å². The van der Waals surface area contributed by atoms with E-state index < -0.39 is 11.9 Å². The first-order valence-corrected chi connectivity index (χ1v) is 11.4. The molecule has 0 bridgehead atoms. The van der Waals surface area contributed by atoms with Crippen LogP contribution >= 0.6 is 11.6 Å². The molecule has 0 aliphatic rings. The largest absolute Gasteiger partial charge is 0.355 e. The lowest BCUT2D eigenvalue weighted by Gasteiger charge is -2.31. The summed E-state index contributed by atoms with van der Waals surface area (Å²) in [6.07, 6.45) is 0.918. The van der Waals surface area contributed by atoms with Gasteiger partial charge in [-0.25, -0.2) is 4.39 Å². The van der Waals surface area contributed by atoms with Crippen molar-refractivity contribution in [2.24, 2.45) is 0 Å². The molecule has 3 rings (SSSR count). The number of halogens is 2. The number of nitrogens with one attached hydrogen (secondary N) is 1. The lowest BCUT2D eigenvalue weighted by atomic mass is 10.0. The minimum atomic E-state index is -0.772. The van der Waals surface area contributed by atoms with Crippen LogP contribution in [-0.4, -0.2) is 29.3 Å². The molecular weight excluding hydrogens is 439 g/mol. The Morgan fingerprint density at radius 1 is 0.939 bits per heavy atom. The lowest BCUT2D eigenvalue weighted by molar-refractivity contribution is -0.141. The Bertz CT molecular complexity index is 1070. The molecule has 0 saturated heterocycles. The Labute approximate surface area is 199 Å². The van der Waals surface area contributed by atoms with E-state index in [2.05, 4.69) is 5.32 Å². The highest BCUT2D eigenvalue weighted by molar-refractivity contribution is 6.31. The van der Waals surface area contributed by atoms with Gasteiger partial charge in [0.15, 0.2) is 0 Å². The van der Waals surface area contributed by atoms with E-state index in [0.29, 0.717) is 30.0 Å². The Kier molecular flexibility index (Phi) is 9.02. The van der Waals surface area contributed by atoms with E-state index in [-0.39, 0.29) is 24.8 Å². The highest BCUT2D eigenvalue weighted by Crippen LogP contribution is 2.20. The number of amides is 2. The minimum absolute atomic E-state index is 0.00264. The number of hydrogen-bond donors (Lipinski definition) is 1. The van der Waals surface area contributed by atoms with Crippen LogP contribution in [0.4, 0.5) is 4.39 Å². The Hall–Kier alpha value is -3.18. The van der Waals surface area contributed by atoms with Crippen LogP contribution in [0.15, 0.2) is 78.9 Å². The van der Waals surface area contributed by atoms with Gasteiger partial charge in [0.05, 0.1) is 0 Å². The van der Waals surface area contributed by atoms with Crippen molar-refractivity contribution >= 4 is 23.4 Å². The normalized spacial score (nSPS) is 11.6. The molecule has 6 heteroatoms. The first-order chi connectivity index (χ1) is 16.0. The Morgan fingerprint density at radius 2 is 1.58 bits per heavy atom. The van der Waals surface area contributed by atoms with Crippen molar-refractivity contribution < 1.29 is 14.0 Å². The van der Waals surface area contributed by atoms with Crippen molar-refractivity contribution in [3.63, 3.8) is 0 Å². The van der Waals surface area contributed by atoms with E-state index in [1.807, 2.05) is 55.5 Å². The molecule has 0 unspecified atom stereocenters. The second-order valence-corrected chi connectivity index (χ2v) is 8.21. The third-order valence-corrected chi connectivity index (χ3v) is 5.86. The van der Waals surface area contributed by atoms with Gasteiger partial charge in [-0.15, -0.1) is 0 Å². The molecule has 3 aromatic carbocycles. The molecule has 4 nitrogen and oxygen atoms in total. The van der Waals surface area contributed by atoms with Crippen LogP contribution in [0.5, 0.6) is 0 Å². The van der Waals surface area contributed by atoms with E-state index in [4.69, 9.17) is 11.6 Å². The summed E-state index contributed by atoms with van der Waals surface area (Å²) < 4.78 is 14.5. The van der Waals surface area contributed by atoms with Crippen LogP contribution in [0.3, 0.4) is 0 Å². The van der Waals surface area contributed by atoms with Crippen molar-refractivity contribution in [3.05, 3.63) is 106 Å². The topological polar surface area (TPSA) is 49.4 Å². The van der Waals surface area contributed by atoms with Gasteiger partial charge in [0.25, 0.3) is 0 Å². The highest BCUT2D eigenvalue weighted by atomic mass is 35.5. The zero-order chi connectivity index (χ0) is 23.6. The van der Waals surface area contributed by atoms with Crippen LogP contribution in [0, 0.1) is 5.82 Å². The smallest absolute Gasteiger partial charge is 0.243 e. The molecule has 1 N–H and O–H groups in total. The average molecular weight is 467 g/mol. The number of carbonyl (C=O) groups is 2. The second kappa shape index (κ2) is 12.2. The van der Waals surface area contributed by atoms with Gasteiger partial charge in [0, 0.05) is 36.5 Å². The predicted molar refractivity (Wildman–Crippen MR) is 129 cm³/mol. The average Bonchev–Trinajstić information content (AvgIpc) is 2.82. The van der Waals surface area contributed by atoms with Gasteiger partial charge in [0.2, 0.25) is 11.8 Å². The summed E-state index contributed by atoms with van der Waals surface area (Å²) in [7, 11) is 0. The lowest BCUT2D eigenvalue weighted by Crippen LogP contribution is -2.50. The molecule has 0 heterocycles. The molecule has 0 fully saturated rings. The molecule has 0 aromatic heterocycles. The van der Waals surface area contributed by atoms with E-state index in [1.165, 1.54) is 11.0 Å². The number of nitrogens with zero attached hydrogens (tertiary/aromatic N) is 1. The summed E-state index contributed by atoms with van der Waals surface area (Å²) in [5.41, 5.74) is 2.15. The van der Waals surface area contributed by atoms with E-state index in [0.717, 1.165) is 11.1 Å². The monoisotopic (exact) mass is 466 g/mol. The Morgan fingerprint density at radius 3 is 2.24 bits per heavy atom. The zero-order valence-electron chi connectivity index (χ0n) is 18.6. The van der Waals surface area contributed by atoms with Gasteiger partial charge in [-0.3, -0.25) is 9.59 Å². The predicted octanol–water partition coefficient (Wildman–Crippen LogP) is 5.19. The fraction of sp³-hybridized carbons (Fsp3) is 0.259. The zero-order valence-corrected chi connectivity index (χ0v) is 19.4.